The summed E-state index contributed by atoms with van der Waals surface area (Å²) in [5.41, 5.74) is 5.78. The van der Waals surface area contributed by atoms with E-state index in [0.29, 0.717) is 6.61 Å². The Morgan fingerprint density at radius 3 is 2.81 bits per heavy atom. The first-order chi connectivity index (χ1) is 13.1. The molecule has 2 aromatic carbocycles. The summed E-state index contributed by atoms with van der Waals surface area (Å²) in [5.74, 6) is 0.945. The second kappa shape index (κ2) is 7.57. The number of amides is 1. The van der Waals surface area contributed by atoms with Gasteiger partial charge in [0.05, 0.1) is 4.88 Å². The molecule has 0 saturated heterocycles. The number of carbonyl (C=O) groups excluding carboxylic acids is 1. The van der Waals surface area contributed by atoms with Crippen molar-refractivity contribution in [1.29, 1.82) is 0 Å². The molecule has 0 spiro atoms. The summed E-state index contributed by atoms with van der Waals surface area (Å²) in [4.78, 5) is 15.8. The lowest BCUT2D eigenvalue weighted by atomic mass is 9.99. The Morgan fingerprint density at radius 1 is 1.11 bits per heavy atom. The van der Waals surface area contributed by atoms with E-state index in [2.05, 4.69) is 25.1 Å². The Bertz CT molecular complexity index is 976. The fraction of sp³-hybridized carbons (Fsp3) is 0.261. The molecular formula is C23H23NO2S. The van der Waals surface area contributed by atoms with Gasteiger partial charge in [-0.15, -0.1) is 11.3 Å². The Morgan fingerprint density at radius 2 is 1.96 bits per heavy atom. The van der Waals surface area contributed by atoms with Crippen molar-refractivity contribution in [2.24, 2.45) is 0 Å². The van der Waals surface area contributed by atoms with Gasteiger partial charge < -0.3 is 9.64 Å². The van der Waals surface area contributed by atoms with Crippen molar-refractivity contribution >= 4 is 22.9 Å². The molecule has 4 heteroatoms. The second-order valence-electron chi connectivity index (χ2n) is 7.12. The Balaban J connectivity index is 1.48. The summed E-state index contributed by atoms with van der Waals surface area (Å²) >= 11 is 1.50. The maximum Gasteiger partial charge on any atom is 0.268 e. The highest BCUT2D eigenvalue weighted by Gasteiger charge is 2.24. The maximum absolute atomic E-state index is 13.1. The molecule has 3 aromatic rings. The van der Waals surface area contributed by atoms with E-state index in [4.69, 9.17) is 4.74 Å². The first-order valence-corrected chi connectivity index (χ1v) is 10.2. The van der Waals surface area contributed by atoms with Gasteiger partial charge in [-0.3, -0.25) is 4.79 Å². The minimum Gasteiger partial charge on any atom is -0.489 e. The topological polar surface area (TPSA) is 29.5 Å². The smallest absolute Gasteiger partial charge is 0.268 e. The number of nitrogens with zero attached hydrogens (tertiary/aromatic N) is 1. The number of carbonyl (C=O) groups is 1. The third kappa shape index (κ3) is 3.91. The molecule has 0 bridgehead atoms. The molecule has 1 aliphatic rings. The molecule has 0 aliphatic carbocycles. The summed E-state index contributed by atoms with van der Waals surface area (Å²) in [6.07, 6.45) is 2.05. The predicted octanol–water partition coefficient (Wildman–Crippen LogP) is 5.54. The van der Waals surface area contributed by atoms with Crippen LogP contribution < -0.4 is 9.64 Å². The van der Waals surface area contributed by atoms with E-state index in [1.807, 2.05) is 47.5 Å². The number of hydrogen-bond donors (Lipinski definition) is 0. The van der Waals surface area contributed by atoms with E-state index < -0.39 is 0 Å². The zero-order valence-corrected chi connectivity index (χ0v) is 16.5. The Hall–Kier alpha value is -2.59. The lowest BCUT2D eigenvalue weighted by Gasteiger charge is -2.29. The summed E-state index contributed by atoms with van der Waals surface area (Å²) < 4.78 is 5.86. The maximum atomic E-state index is 13.1. The third-order valence-corrected chi connectivity index (χ3v) is 5.83. The average Bonchev–Trinajstić information content (AvgIpc) is 3.14. The number of anilines is 1. The molecule has 3 nitrogen and oxygen atoms in total. The van der Waals surface area contributed by atoms with Crippen LogP contribution in [0, 0.1) is 13.8 Å². The SMILES string of the molecule is Cc1cccc(OCc2csc(C(=O)N3CCCc4cc(C)ccc43)c2)c1. The number of aryl methyl sites for hydroxylation is 3. The van der Waals surface area contributed by atoms with Crippen LogP contribution >= 0.6 is 11.3 Å². The fourth-order valence-corrected chi connectivity index (χ4v) is 4.35. The average molecular weight is 378 g/mol. The molecular weight excluding hydrogens is 354 g/mol. The van der Waals surface area contributed by atoms with Gasteiger partial charge in [0.15, 0.2) is 0 Å². The van der Waals surface area contributed by atoms with Crippen LogP contribution in [0.3, 0.4) is 0 Å². The Labute approximate surface area is 164 Å². The molecule has 1 amide bonds. The number of rotatable bonds is 4. The van der Waals surface area contributed by atoms with Gasteiger partial charge in [0.25, 0.3) is 5.91 Å². The van der Waals surface area contributed by atoms with E-state index in [1.165, 1.54) is 28.0 Å². The molecule has 0 radical (unpaired) electrons. The van der Waals surface area contributed by atoms with Crippen LogP contribution in [0.1, 0.15) is 38.3 Å². The van der Waals surface area contributed by atoms with Crippen LogP contribution in [-0.4, -0.2) is 12.5 Å². The lowest BCUT2D eigenvalue weighted by Crippen LogP contribution is -2.35. The summed E-state index contributed by atoms with van der Waals surface area (Å²) in [7, 11) is 0. The first-order valence-electron chi connectivity index (χ1n) is 9.28. The van der Waals surface area contributed by atoms with Crippen LogP contribution in [0.15, 0.2) is 53.9 Å². The number of fused-ring (bicyclic) bond motifs is 1. The monoisotopic (exact) mass is 377 g/mol. The number of thiophene rings is 1. The Kier molecular flexibility index (Phi) is 4.99. The van der Waals surface area contributed by atoms with Gasteiger partial charge in [0.2, 0.25) is 0 Å². The van der Waals surface area contributed by atoms with E-state index in [1.54, 1.807) is 0 Å². The van der Waals surface area contributed by atoms with Gasteiger partial charge in [0.1, 0.15) is 12.4 Å². The first kappa shape index (κ1) is 17.8. The van der Waals surface area contributed by atoms with Crippen molar-refractivity contribution in [1.82, 2.24) is 0 Å². The normalized spacial score (nSPS) is 13.3. The molecule has 138 valence electrons. The molecule has 2 heterocycles. The fourth-order valence-electron chi connectivity index (χ4n) is 3.51. The third-order valence-electron chi connectivity index (χ3n) is 4.86. The molecule has 0 fully saturated rings. The van der Waals surface area contributed by atoms with Gasteiger partial charge in [0, 0.05) is 17.8 Å². The van der Waals surface area contributed by atoms with Crippen LogP contribution in [0.5, 0.6) is 5.75 Å². The highest BCUT2D eigenvalue weighted by molar-refractivity contribution is 7.12. The molecule has 0 unspecified atom stereocenters. The minimum atomic E-state index is 0.0895. The number of ether oxygens (including phenoxy) is 1. The van der Waals surface area contributed by atoms with E-state index in [0.717, 1.165) is 41.3 Å². The quantitative estimate of drug-likeness (QED) is 0.598. The molecule has 1 aromatic heterocycles. The van der Waals surface area contributed by atoms with Crippen molar-refractivity contribution in [3.05, 3.63) is 81.0 Å². The zero-order chi connectivity index (χ0) is 18.8. The van der Waals surface area contributed by atoms with E-state index >= 15 is 0 Å². The van der Waals surface area contributed by atoms with Gasteiger partial charge in [-0.25, -0.2) is 0 Å². The van der Waals surface area contributed by atoms with Gasteiger partial charge in [-0.05, 0) is 67.5 Å². The van der Waals surface area contributed by atoms with Crippen molar-refractivity contribution in [3.63, 3.8) is 0 Å². The summed E-state index contributed by atoms with van der Waals surface area (Å²) in [6.45, 7) is 5.40. The zero-order valence-electron chi connectivity index (χ0n) is 15.7. The highest BCUT2D eigenvalue weighted by Crippen LogP contribution is 2.30. The van der Waals surface area contributed by atoms with Crippen molar-refractivity contribution in [3.8, 4) is 5.75 Å². The van der Waals surface area contributed by atoms with Crippen molar-refractivity contribution in [2.45, 2.75) is 33.3 Å². The summed E-state index contributed by atoms with van der Waals surface area (Å²) in [5, 5.41) is 2.02. The van der Waals surface area contributed by atoms with Crippen molar-refractivity contribution < 1.29 is 9.53 Å². The second-order valence-corrected chi connectivity index (χ2v) is 8.03. The van der Waals surface area contributed by atoms with Crippen LogP contribution in [0.4, 0.5) is 5.69 Å². The minimum absolute atomic E-state index is 0.0895. The summed E-state index contributed by atoms with van der Waals surface area (Å²) in [6, 6.07) is 16.3. The van der Waals surface area contributed by atoms with Gasteiger partial charge in [-0.2, -0.15) is 0 Å². The van der Waals surface area contributed by atoms with Crippen LogP contribution in [-0.2, 0) is 13.0 Å². The lowest BCUT2D eigenvalue weighted by molar-refractivity contribution is 0.0989. The van der Waals surface area contributed by atoms with E-state index in [-0.39, 0.29) is 5.91 Å². The number of benzene rings is 2. The molecule has 0 atom stereocenters. The van der Waals surface area contributed by atoms with Gasteiger partial charge >= 0.3 is 0 Å². The predicted molar refractivity (Wildman–Crippen MR) is 111 cm³/mol. The number of hydrogen-bond acceptors (Lipinski definition) is 3. The van der Waals surface area contributed by atoms with Gasteiger partial charge in [-0.1, -0.05) is 29.8 Å². The standard InChI is InChI=1S/C23H23NO2S/c1-16-5-3-7-20(12-16)26-14-18-13-22(27-15-18)23(25)24-10-4-6-19-11-17(2)8-9-21(19)24/h3,5,7-9,11-13,15H,4,6,10,14H2,1-2H3. The van der Waals surface area contributed by atoms with Crippen molar-refractivity contribution in [2.75, 3.05) is 11.4 Å². The highest BCUT2D eigenvalue weighted by atomic mass is 32.1. The van der Waals surface area contributed by atoms with Crippen LogP contribution in [0.2, 0.25) is 0 Å². The molecule has 0 N–H and O–H groups in total. The molecule has 0 saturated carbocycles. The van der Waals surface area contributed by atoms with Crippen LogP contribution in [0.25, 0.3) is 0 Å². The van der Waals surface area contributed by atoms with E-state index in [9.17, 15) is 4.79 Å². The molecule has 4 rings (SSSR count). The molecule has 27 heavy (non-hydrogen) atoms. The largest absolute Gasteiger partial charge is 0.489 e. The molecule has 1 aliphatic heterocycles.